The van der Waals surface area contributed by atoms with Crippen molar-refractivity contribution in [2.24, 2.45) is 0 Å². The van der Waals surface area contributed by atoms with E-state index in [1.165, 1.54) is 13.0 Å². The van der Waals surface area contributed by atoms with Crippen molar-refractivity contribution in [2.75, 3.05) is 5.75 Å². The summed E-state index contributed by atoms with van der Waals surface area (Å²) in [6, 6.07) is 3.30. The molecule has 1 rings (SSSR count). The third-order valence-electron chi connectivity index (χ3n) is 1.86. The molecule has 1 aromatic rings. The molecule has 0 saturated carbocycles. The minimum absolute atomic E-state index is 0.00379. The molecule has 0 amide bonds. The monoisotopic (exact) mass is 218 g/mol. The molecule has 0 heterocycles. The molecule has 3 nitrogen and oxygen atoms in total. The van der Waals surface area contributed by atoms with Gasteiger partial charge in [-0.2, -0.15) is 0 Å². The highest BCUT2D eigenvalue weighted by Gasteiger charge is 2.12. The van der Waals surface area contributed by atoms with Crippen LogP contribution in [-0.4, -0.2) is 19.3 Å². The average Bonchev–Trinajstić information content (AvgIpc) is 2.10. The second-order valence-electron chi connectivity index (χ2n) is 2.95. The van der Waals surface area contributed by atoms with E-state index >= 15 is 0 Å². The predicted molar refractivity (Wildman–Crippen MR) is 51.2 cm³/mol. The molecule has 14 heavy (non-hydrogen) atoms. The molecule has 0 spiro atoms. The molecular weight excluding hydrogens is 207 g/mol. The highest BCUT2D eigenvalue weighted by Crippen LogP contribution is 2.20. The average molecular weight is 218 g/mol. The van der Waals surface area contributed by atoms with Gasteiger partial charge in [-0.25, -0.2) is 12.8 Å². The van der Waals surface area contributed by atoms with Gasteiger partial charge in [-0.1, -0.05) is 13.0 Å². The van der Waals surface area contributed by atoms with Gasteiger partial charge >= 0.3 is 0 Å². The van der Waals surface area contributed by atoms with Gasteiger partial charge in [0.05, 0.1) is 5.75 Å². The first kappa shape index (κ1) is 11.0. The van der Waals surface area contributed by atoms with Crippen LogP contribution in [-0.2, 0) is 15.6 Å². The maximum absolute atomic E-state index is 12.6. The number of rotatable bonds is 3. The first-order chi connectivity index (χ1) is 6.44. The maximum Gasteiger partial charge on any atom is 0.154 e. The van der Waals surface area contributed by atoms with Crippen LogP contribution in [0, 0.1) is 5.82 Å². The van der Waals surface area contributed by atoms with Crippen LogP contribution in [0.1, 0.15) is 12.5 Å². The largest absolute Gasteiger partial charge is 0.508 e. The zero-order valence-corrected chi connectivity index (χ0v) is 8.51. The quantitative estimate of drug-likeness (QED) is 0.835. The Bertz CT molecular complexity index is 426. The van der Waals surface area contributed by atoms with Gasteiger partial charge in [-0.15, -0.1) is 0 Å². The van der Waals surface area contributed by atoms with Gasteiger partial charge in [-0.05, 0) is 6.07 Å². The van der Waals surface area contributed by atoms with Crippen molar-refractivity contribution in [1.29, 1.82) is 0 Å². The van der Waals surface area contributed by atoms with E-state index in [2.05, 4.69) is 0 Å². The smallest absolute Gasteiger partial charge is 0.154 e. The number of aromatic hydroxyl groups is 1. The van der Waals surface area contributed by atoms with Crippen LogP contribution in [0.3, 0.4) is 0 Å². The number of halogens is 1. The van der Waals surface area contributed by atoms with E-state index in [0.29, 0.717) is 0 Å². The summed E-state index contributed by atoms with van der Waals surface area (Å²) in [6.07, 6.45) is 0. The number of hydrogen-bond acceptors (Lipinski definition) is 3. The van der Waals surface area contributed by atoms with Crippen molar-refractivity contribution in [3.63, 3.8) is 0 Å². The van der Waals surface area contributed by atoms with Gasteiger partial charge in [0.15, 0.2) is 9.84 Å². The molecule has 78 valence electrons. The molecule has 0 aliphatic heterocycles. The van der Waals surface area contributed by atoms with E-state index < -0.39 is 15.7 Å². The lowest BCUT2D eigenvalue weighted by atomic mass is 10.2. The van der Waals surface area contributed by atoms with Crippen LogP contribution in [0.4, 0.5) is 4.39 Å². The number of phenols is 1. The van der Waals surface area contributed by atoms with Crippen molar-refractivity contribution >= 4 is 9.84 Å². The van der Waals surface area contributed by atoms with Crippen LogP contribution < -0.4 is 0 Å². The fourth-order valence-corrected chi connectivity index (χ4v) is 1.92. The van der Waals surface area contributed by atoms with Crippen molar-refractivity contribution in [2.45, 2.75) is 12.7 Å². The molecular formula is C9H11FO3S. The Kier molecular flexibility index (Phi) is 3.10. The molecule has 0 aliphatic carbocycles. The van der Waals surface area contributed by atoms with Gasteiger partial charge in [0.2, 0.25) is 0 Å². The molecule has 0 fully saturated rings. The number of phenolic OH excluding ortho intramolecular Hbond substituents is 1. The topological polar surface area (TPSA) is 54.4 Å². The summed E-state index contributed by atoms with van der Waals surface area (Å²) in [4.78, 5) is 0. The SMILES string of the molecule is CCS(=O)(=O)Cc1ccc(F)cc1O. The van der Waals surface area contributed by atoms with E-state index in [-0.39, 0.29) is 22.8 Å². The first-order valence-electron chi connectivity index (χ1n) is 4.12. The van der Waals surface area contributed by atoms with Crippen LogP contribution >= 0.6 is 0 Å². The van der Waals surface area contributed by atoms with E-state index in [1.54, 1.807) is 0 Å². The Balaban J connectivity index is 2.99. The Morgan fingerprint density at radius 1 is 1.43 bits per heavy atom. The fourth-order valence-electron chi connectivity index (χ4n) is 0.998. The molecule has 0 saturated heterocycles. The minimum atomic E-state index is -3.19. The maximum atomic E-state index is 12.6. The summed E-state index contributed by atoms with van der Waals surface area (Å²) in [6.45, 7) is 1.52. The van der Waals surface area contributed by atoms with Crippen LogP contribution in [0.25, 0.3) is 0 Å². The lowest BCUT2D eigenvalue weighted by Gasteiger charge is -2.04. The fraction of sp³-hybridized carbons (Fsp3) is 0.333. The van der Waals surface area contributed by atoms with Crippen molar-refractivity contribution < 1.29 is 17.9 Å². The summed E-state index contributed by atoms with van der Waals surface area (Å²) in [5.74, 6) is -1.15. The standard InChI is InChI=1S/C9H11FO3S/c1-2-14(12,13)6-7-3-4-8(10)5-9(7)11/h3-5,11H,2,6H2,1H3. The minimum Gasteiger partial charge on any atom is -0.508 e. The Morgan fingerprint density at radius 2 is 2.07 bits per heavy atom. The highest BCUT2D eigenvalue weighted by molar-refractivity contribution is 7.90. The molecule has 0 bridgehead atoms. The highest BCUT2D eigenvalue weighted by atomic mass is 32.2. The summed E-state index contributed by atoms with van der Waals surface area (Å²) < 4.78 is 35.0. The lowest BCUT2D eigenvalue weighted by Crippen LogP contribution is -2.06. The third kappa shape index (κ3) is 2.70. The van der Waals surface area contributed by atoms with Crippen molar-refractivity contribution in [3.8, 4) is 5.75 Å². The van der Waals surface area contributed by atoms with Gasteiger partial charge < -0.3 is 5.11 Å². The molecule has 0 aliphatic rings. The Hall–Kier alpha value is -1.10. The second kappa shape index (κ2) is 3.96. The normalized spacial score (nSPS) is 11.6. The number of hydrogen-bond donors (Lipinski definition) is 1. The van der Waals surface area contributed by atoms with E-state index in [9.17, 15) is 17.9 Å². The molecule has 5 heteroatoms. The van der Waals surface area contributed by atoms with Crippen LogP contribution in [0.15, 0.2) is 18.2 Å². The molecule has 1 aromatic carbocycles. The van der Waals surface area contributed by atoms with Gasteiger partial charge in [0.1, 0.15) is 11.6 Å². The van der Waals surface area contributed by atoms with Gasteiger partial charge in [0, 0.05) is 17.4 Å². The zero-order chi connectivity index (χ0) is 10.8. The molecule has 0 aromatic heterocycles. The van der Waals surface area contributed by atoms with Crippen molar-refractivity contribution in [1.82, 2.24) is 0 Å². The third-order valence-corrected chi connectivity index (χ3v) is 3.49. The summed E-state index contributed by atoms with van der Waals surface area (Å²) >= 11 is 0. The Labute approximate surface area is 82.1 Å². The Morgan fingerprint density at radius 3 is 2.57 bits per heavy atom. The van der Waals surface area contributed by atoms with Crippen LogP contribution in [0.2, 0.25) is 0 Å². The predicted octanol–water partition coefficient (Wildman–Crippen LogP) is 1.47. The first-order valence-corrected chi connectivity index (χ1v) is 5.94. The van der Waals surface area contributed by atoms with E-state index in [4.69, 9.17) is 0 Å². The van der Waals surface area contributed by atoms with E-state index in [1.807, 2.05) is 0 Å². The van der Waals surface area contributed by atoms with Crippen LogP contribution in [0.5, 0.6) is 5.75 Å². The summed E-state index contributed by atoms with van der Waals surface area (Å²) in [5.41, 5.74) is 0.230. The molecule has 0 radical (unpaired) electrons. The molecule has 0 atom stereocenters. The van der Waals surface area contributed by atoms with E-state index in [0.717, 1.165) is 12.1 Å². The molecule has 1 N–H and O–H groups in total. The number of benzene rings is 1. The summed E-state index contributed by atoms with van der Waals surface area (Å²) in [7, 11) is -3.19. The molecule has 0 unspecified atom stereocenters. The lowest BCUT2D eigenvalue weighted by molar-refractivity contribution is 0.463. The van der Waals surface area contributed by atoms with Gasteiger partial charge in [-0.3, -0.25) is 0 Å². The summed E-state index contributed by atoms with van der Waals surface area (Å²) in [5, 5.41) is 9.25. The van der Waals surface area contributed by atoms with Gasteiger partial charge in [0.25, 0.3) is 0 Å². The zero-order valence-electron chi connectivity index (χ0n) is 7.70. The number of sulfone groups is 1. The second-order valence-corrected chi connectivity index (χ2v) is 5.30. The van der Waals surface area contributed by atoms with Crippen molar-refractivity contribution in [3.05, 3.63) is 29.6 Å².